The maximum absolute atomic E-state index is 13.0. The fourth-order valence-corrected chi connectivity index (χ4v) is 5.19. The number of carbonyl (C=O) groups excluding carboxylic acids is 2. The van der Waals surface area contributed by atoms with Crippen molar-refractivity contribution < 1.29 is 29.4 Å². The van der Waals surface area contributed by atoms with Crippen LogP contribution in [0.25, 0.3) is 0 Å². The van der Waals surface area contributed by atoms with Crippen molar-refractivity contribution in [3.8, 4) is 0 Å². The maximum atomic E-state index is 13.0. The van der Waals surface area contributed by atoms with Gasteiger partial charge < -0.3 is 20.8 Å². The van der Waals surface area contributed by atoms with Crippen LogP contribution in [0.5, 0.6) is 0 Å². The molecule has 2 aromatic rings. The maximum Gasteiger partial charge on any atom is 0.326 e. The molecule has 192 valence electrons. The van der Waals surface area contributed by atoms with Crippen molar-refractivity contribution in [1.82, 2.24) is 5.32 Å². The molecule has 0 bridgehead atoms. The van der Waals surface area contributed by atoms with E-state index in [1.54, 1.807) is 70.2 Å². The summed E-state index contributed by atoms with van der Waals surface area (Å²) in [7, 11) is 0. The first-order valence-electron chi connectivity index (χ1n) is 11.7. The van der Waals surface area contributed by atoms with Gasteiger partial charge in [-0.15, -0.1) is 0 Å². The van der Waals surface area contributed by atoms with E-state index in [1.165, 1.54) is 0 Å². The van der Waals surface area contributed by atoms with Gasteiger partial charge in [-0.2, -0.15) is 0 Å². The number of hydrogen-bond donors (Lipinski definition) is 4. The number of carbonyl (C=O) groups is 4. The zero-order valence-corrected chi connectivity index (χ0v) is 21.5. The van der Waals surface area contributed by atoms with Crippen LogP contribution in [-0.4, -0.2) is 40.0 Å². The summed E-state index contributed by atoms with van der Waals surface area (Å²) in [5.74, 6) is -3.59. The summed E-state index contributed by atoms with van der Waals surface area (Å²) in [6.07, 6.45) is 0.738. The molecule has 0 unspecified atom stereocenters. The number of carboxylic acids is 2. The Balaban J connectivity index is 1.68. The van der Waals surface area contributed by atoms with Crippen LogP contribution in [-0.2, 0) is 20.8 Å². The highest BCUT2D eigenvalue weighted by Crippen LogP contribution is 2.56. The zero-order chi connectivity index (χ0) is 26.8. The van der Waals surface area contributed by atoms with Gasteiger partial charge in [0.1, 0.15) is 6.04 Å². The summed E-state index contributed by atoms with van der Waals surface area (Å²) in [5, 5.41) is 25.1. The van der Waals surface area contributed by atoms with Crippen molar-refractivity contribution >= 4 is 41.0 Å². The molecule has 4 N–H and O–H groups in total. The molecular formula is C27H31ClN2O6. The third kappa shape index (κ3) is 5.23. The van der Waals surface area contributed by atoms with Gasteiger partial charge in [0.25, 0.3) is 5.91 Å². The van der Waals surface area contributed by atoms with E-state index in [0.717, 1.165) is 5.56 Å². The summed E-state index contributed by atoms with van der Waals surface area (Å²) in [6.45, 7) is 6.90. The van der Waals surface area contributed by atoms with Crippen LogP contribution in [0.15, 0.2) is 42.5 Å². The molecule has 0 spiro atoms. The minimum Gasteiger partial charge on any atom is -0.481 e. The first-order valence-corrected chi connectivity index (χ1v) is 12.1. The molecule has 1 saturated carbocycles. The largest absolute Gasteiger partial charge is 0.481 e. The molecule has 3 atom stereocenters. The molecule has 2 amide bonds. The van der Waals surface area contributed by atoms with Gasteiger partial charge in [0.15, 0.2) is 0 Å². The van der Waals surface area contributed by atoms with Crippen LogP contribution in [0.1, 0.15) is 55.1 Å². The Morgan fingerprint density at radius 1 is 1.06 bits per heavy atom. The molecule has 8 nitrogen and oxygen atoms in total. The normalized spacial score (nSPS) is 21.4. The molecule has 36 heavy (non-hydrogen) atoms. The van der Waals surface area contributed by atoms with Crippen LogP contribution < -0.4 is 10.6 Å². The Kier molecular flexibility index (Phi) is 7.79. The van der Waals surface area contributed by atoms with Crippen LogP contribution in [0.4, 0.5) is 5.69 Å². The lowest BCUT2D eigenvalue weighted by atomic mass is 9.65. The molecule has 1 fully saturated rings. The van der Waals surface area contributed by atoms with Gasteiger partial charge in [0, 0.05) is 18.0 Å². The molecule has 9 heteroatoms. The molecule has 0 radical (unpaired) electrons. The van der Waals surface area contributed by atoms with Crippen molar-refractivity contribution in [1.29, 1.82) is 0 Å². The summed E-state index contributed by atoms with van der Waals surface area (Å²) in [6, 6.07) is 10.7. The molecule has 0 heterocycles. The molecule has 0 aliphatic heterocycles. The fourth-order valence-electron chi connectivity index (χ4n) is 4.89. The first-order chi connectivity index (χ1) is 16.8. The van der Waals surface area contributed by atoms with E-state index < -0.39 is 40.6 Å². The zero-order valence-electron chi connectivity index (χ0n) is 20.7. The average molecular weight is 515 g/mol. The smallest absolute Gasteiger partial charge is 0.326 e. The topological polar surface area (TPSA) is 133 Å². The Bertz CT molecular complexity index is 1170. The lowest BCUT2D eigenvalue weighted by Crippen LogP contribution is -2.49. The van der Waals surface area contributed by atoms with Gasteiger partial charge in [-0.3, -0.25) is 14.4 Å². The monoisotopic (exact) mass is 514 g/mol. The van der Waals surface area contributed by atoms with Crippen molar-refractivity contribution in [2.45, 2.75) is 53.0 Å². The van der Waals surface area contributed by atoms with Crippen LogP contribution in [0.3, 0.4) is 0 Å². The summed E-state index contributed by atoms with van der Waals surface area (Å²) >= 11 is 6.16. The molecule has 0 saturated heterocycles. The molecule has 0 aromatic heterocycles. The van der Waals surface area contributed by atoms with Crippen molar-refractivity contribution in [3.05, 3.63) is 64.2 Å². The fraction of sp³-hybridized carbons (Fsp3) is 0.407. The highest BCUT2D eigenvalue weighted by molar-refractivity contribution is 6.34. The summed E-state index contributed by atoms with van der Waals surface area (Å²) < 4.78 is 0. The second kappa shape index (κ2) is 10.3. The Labute approximate surface area is 215 Å². The lowest BCUT2D eigenvalue weighted by molar-refractivity contribution is -0.155. The van der Waals surface area contributed by atoms with E-state index in [2.05, 4.69) is 10.6 Å². The van der Waals surface area contributed by atoms with Crippen molar-refractivity contribution in [3.63, 3.8) is 0 Å². The van der Waals surface area contributed by atoms with Crippen LogP contribution in [0, 0.1) is 23.7 Å². The molecule has 1 aliphatic rings. The molecule has 1 aliphatic carbocycles. The number of halogens is 1. The minimum atomic E-state index is -1.19. The Hall–Kier alpha value is -3.39. The van der Waals surface area contributed by atoms with Gasteiger partial charge in [-0.25, -0.2) is 4.79 Å². The predicted molar refractivity (Wildman–Crippen MR) is 136 cm³/mol. The molecule has 2 aromatic carbocycles. The number of rotatable bonds is 8. The van der Waals surface area contributed by atoms with Gasteiger partial charge in [-0.05, 0) is 61.4 Å². The highest BCUT2D eigenvalue weighted by Gasteiger charge is 2.58. The van der Waals surface area contributed by atoms with Gasteiger partial charge in [0.05, 0.1) is 16.0 Å². The van der Waals surface area contributed by atoms with E-state index in [-0.39, 0.29) is 12.3 Å². The summed E-state index contributed by atoms with van der Waals surface area (Å²) in [4.78, 5) is 49.4. The van der Waals surface area contributed by atoms with Gasteiger partial charge >= 0.3 is 11.9 Å². The molecular weight excluding hydrogens is 484 g/mol. The molecule has 3 rings (SSSR count). The van der Waals surface area contributed by atoms with E-state index in [1.807, 2.05) is 0 Å². The Morgan fingerprint density at radius 2 is 1.69 bits per heavy atom. The number of anilines is 1. The van der Waals surface area contributed by atoms with Crippen molar-refractivity contribution in [2.24, 2.45) is 16.7 Å². The van der Waals surface area contributed by atoms with E-state index in [4.69, 9.17) is 11.6 Å². The lowest BCUT2D eigenvalue weighted by Gasteiger charge is -2.38. The number of aryl methyl sites for hydroxylation is 1. The second-order valence-corrected chi connectivity index (χ2v) is 10.5. The van der Waals surface area contributed by atoms with Gasteiger partial charge in [0.2, 0.25) is 5.91 Å². The van der Waals surface area contributed by atoms with E-state index >= 15 is 0 Å². The highest BCUT2D eigenvalue weighted by atomic mass is 35.5. The summed E-state index contributed by atoms with van der Waals surface area (Å²) in [5.41, 5.74) is 0.370. The number of hydrogen-bond acceptors (Lipinski definition) is 4. The number of amides is 2. The quantitative estimate of drug-likeness (QED) is 0.409. The predicted octanol–water partition coefficient (Wildman–Crippen LogP) is 4.54. The Morgan fingerprint density at radius 3 is 2.22 bits per heavy atom. The SMILES string of the molecule is Cc1cccc(Cl)c1C(=O)Nc1ccc(C[C@H](NC(=O)[C@H]2CC[C@@](C)(C(=O)O)C2(C)C)C(=O)O)cc1. The number of carboxylic acid groups (broad SMARTS) is 2. The van der Waals surface area contributed by atoms with Crippen LogP contribution >= 0.6 is 11.6 Å². The third-order valence-electron chi connectivity index (χ3n) is 7.73. The van der Waals surface area contributed by atoms with Gasteiger partial charge in [-0.1, -0.05) is 49.7 Å². The first kappa shape index (κ1) is 27.2. The second-order valence-electron chi connectivity index (χ2n) is 10.1. The minimum absolute atomic E-state index is 0.0300. The number of benzene rings is 2. The van der Waals surface area contributed by atoms with E-state index in [0.29, 0.717) is 34.7 Å². The van der Waals surface area contributed by atoms with E-state index in [9.17, 15) is 29.4 Å². The average Bonchev–Trinajstić information content (AvgIpc) is 3.04. The van der Waals surface area contributed by atoms with Crippen molar-refractivity contribution in [2.75, 3.05) is 5.32 Å². The third-order valence-corrected chi connectivity index (χ3v) is 8.04. The number of nitrogens with one attached hydrogen (secondary N) is 2. The standard InChI is InChI=1S/C27H31ClN2O6/c1-15-6-5-7-19(28)21(15)23(32)29-17-10-8-16(9-11-17)14-20(24(33)34)30-22(31)18-12-13-27(4,25(35)36)26(18,2)3/h5-11,18,20H,12-14H2,1-4H3,(H,29,32)(H,30,31)(H,33,34)(H,35,36)/t18-,20+,27+/m1/s1. The number of aliphatic carboxylic acids is 2. The van der Waals surface area contributed by atoms with Crippen LogP contribution in [0.2, 0.25) is 5.02 Å².